The van der Waals surface area contributed by atoms with E-state index in [1.165, 1.54) is 17.3 Å². The average Bonchev–Trinajstić information content (AvgIpc) is 2.54. The molecule has 15 heavy (non-hydrogen) atoms. The number of fused-ring (bicyclic) bond motifs is 3. The van der Waals surface area contributed by atoms with E-state index in [1.54, 1.807) is 6.07 Å². The van der Waals surface area contributed by atoms with Gasteiger partial charge in [-0.05, 0) is 30.7 Å². The fraction of sp³-hybridized carbons (Fsp3) is 0.333. The van der Waals surface area contributed by atoms with Crippen molar-refractivity contribution in [2.75, 3.05) is 6.61 Å². The largest absolute Gasteiger partial charge is 0.373 e. The molecule has 0 N–H and O–H groups in total. The Bertz CT molecular complexity index is 530. The lowest BCUT2D eigenvalue weighted by molar-refractivity contribution is 0.0860. The molecule has 2 nitrogen and oxygen atoms in total. The van der Waals surface area contributed by atoms with Gasteiger partial charge in [-0.2, -0.15) is 0 Å². The van der Waals surface area contributed by atoms with Crippen LogP contribution in [0.25, 0.3) is 10.9 Å². The van der Waals surface area contributed by atoms with E-state index in [2.05, 4.69) is 11.5 Å². The number of aromatic nitrogens is 1. The molecule has 78 valence electrons. The first kappa shape index (κ1) is 8.92. The summed E-state index contributed by atoms with van der Waals surface area (Å²) in [6, 6.07) is 4.98. The Balaban J connectivity index is 2.39. The van der Waals surface area contributed by atoms with Crippen molar-refractivity contribution in [2.24, 2.45) is 0 Å². The smallest absolute Gasteiger partial charge is 0.125 e. The molecule has 2 aromatic rings. The number of aryl methyl sites for hydroxylation is 1. The third-order valence-corrected chi connectivity index (χ3v) is 3.11. The van der Waals surface area contributed by atoms with Gasteiger partial charge in [0.1, 0.15) is 5.82 Å². The molecule has 0 bridgehead atoms. The van der Waals surface area contributed by atoms with Crippen molar-refractivity contribution in [3.63, 3.8) is 0 Å². The van der Waals surface area contributed by atoms with Crippen molar-refractivity contribution in [3.05, 3.63) is 35.3 Å². The normalized spacial score (nSPS) is 15.6. The van der Waals surface area contributed by atoms with E-state index >= 15 is 0 Å². The van der Waals surface area contributed by atoms with Crippen molar-refractivity contribution in [2.45, 2.75) is 20.1 Å². The molecule has 0 spiro atoms. The van der Waals surface area contributed by atoms with Gasteiger partial charge in [-0.25, -0.2) is 4.39 Å². The van der Waals surface area contributed by atoms with E-state index in [-0.39, 0.29) is 5.82 Å². The van der Waals surface area contributed by atoms with Gasteiger partial charge in [0.05, 0.1) is 18.7 Å². The van der Waals surface area contributed by atoms with E-state index in [1.807, 2.05) is 6.07 Å². The Morgan fingerprint density at radius 1 is 1.40 bits per heavy atom. The van der Waals surface area contributed by atoms with Gasteiger partial charge in [0.25, 0.3) is 0 Å². The summed E-state index contributed by atoms with van der Waals surface area (Å²) in [6.07, 6.45) is 0. The third-order valence-electron chi connectivity index (χ3n) is 3.11. The van der Waals surface area contributed by atoms with Crippen molar-refractivity contribution in [1.29, 1.82) is 0 Å². The Labute approximate surface area is 87.3 Å². The van der Waals surface area contributed by atoms with E-state index in [0.29, 0.717) is 13.2 Å². The summed E-state index contributed by atoms with van der Waals surface area (Å²) in [7, 11) is 0. The Kier molecular flexibility index (Phi) is 1.83. The Morgan fingerprint density at radius 2 is 2.27 bits per heavy atom. The minimum absolute atomic E-state index is 0.172. The fourth-order valence-electron chi connectivity index (χ4n) is 2.31. The molecule has 3 rings (SSSR count). The van der Waals surface area contributed by atoms with Crippen LogP contribution < -0.4 is 0 Å². The van der Waals surface area contributed by atoms with Crippen LogP contribution in [0.5, 0.6) is 0 Å². The zero-order valence-electron chi connectivity index (χ0n) is 8.59. The van der Waals surface area contributed by atoms with Crippen LogP contribution in [0.3, 0.4) is 0 Å². The van der Waals surface area contributed by atoms with Gasteiger partial charge in [0.15, 0.2) is 0 Å². The number of benzene rings is 1. The highest BCUT2D eigenvalue weighted by Gasteiger charge is 2.17. The first-order valence-electron chi connectivity index (χ1n) is 5.12. The number of nitrogens with zero attached hydrogens (tertiary/aromatic N) is 1. The second kappa shape index (κ2) is 3.07. The van der Waals surface area contributed by atoms with Crippen molar-refractivity contribution in [3.8, 4) is 0 Å². The van der Waals surface area contributed by atoms with Crippen LogP contribution in [-0.4, -0.2) is 11.2 Å². The average molecular weight is 205 g/mol. The van der Waals surface area contributed by atoms with Crippen LogP contribution in [0.1, 0.15) is 11.3 Å². The molecule has 3 heteroatoms. The Hall–Kier alpha value is -1.35. The van der Waals surface area contributed by atoms with E-state index in [4.69, 9.17) is 4.74 Å². The van der Waals surface area contributed by atoms with Crippen molar-refractivity contribution < 1.29 is 9.13 Å². The number of rotatable bonds is 0. The highest BCUT2D eigenvalue weighted by Crippen LogP contribution is 2.28. The van der Waals surface area contributed by atoms with E-state index in [0.717, 1.165) is 17.4 Å². The van der Waals surface area contributed by atoms with Gasteiger partial charge >= 0.3 is 0 Å². The highest BCUT2D eigenvalue weighted by molar-refractivity contribution is 5.85. The molecule has 0 radical (unpaired) electrons. The molecule has 0 saturated heterocycles. The van der Waals surface area contributed by atoms with Gasteiger partial charge < -0.3 is 9.30 Å². The summed E-state index contributed by atoms with van der Waals surface area (Å²) in [5.74, 6) is -0.172. The monoisotopic (exact) mass is 205 g/mol. The van der Waals surface area contributed by atoms with E-state index in [9.17, 15) is 4.39 Å². The summed E-state index contributed by atoms with van der Waals surface area (Å²) in [4.78, 5) is 0. The topological polar surface area (TPSA) is 14.2 Å². The van der Waals surface area contributed by atoms with Crippen LogP contribution in [0.4, 0.5) is 4.39 Å². The molecular formula is C12H12FNO. The molecule has 1 aliphatic heterocycles. The predicted octanol–water partition coefficient (Wildman–Crippen LogP) is 2.62. The molecule has 0 fully saturated rings. The lowest BCUT2D eigenvalue weighted by Crippen LogP contribution is -2.16. The van der Waals surface area contributed by atoms with Gasteiger partial charge in [-0.1, -0.05) is 0 Å². The maximum absolute atomic E-state index is 13.2. The first-order valence-corrected chi connectivity index (χ1v) is 5.12. The molecule has 1 aliphatic rings. The predicted molar refractivity (Wildman–Crippen MR) is 56.3 cm³/mol. The Morgan fingerprint density at radius 3 is 3.13 bits per heavy atom. The van der Waals surface area contributed by atoms with Crippen LogP contribution in [0, 0.1) is 12.7 Å². The molecule has 2 heterocycles. The van der Waals surface area contributed by atoms with Gasteiger partial charge in [-0.15, -0.1) is 0 Å². The molecule has 0 unspecified atom stereocenters. The van der Waals surface area contributed by atoms with Crippen LogP contribution in [-0.2, 0) is 17.9 Å². The zero-order chi connectivity index (χ0) is 10.4. The van der Waals surface area contributed by atoms with Crippen molar-refractivity contribution >= 4 is 10.9 Å². The minimum Gasteiger partial charge on any atom is -0.373 e. The molecule has 0 atom stereocenters. The van der Waals surface area contributed by atoms with Gasteiger partial charge in [0, 0.05) is 17.6 Å². The van der Waals surface area contributed by atoms with Crippen LogP contribution in [0.2, 0.25) is 0 Å². The maximum Gasteiger partial charge on any atom is 0.125 e. The van der Waals surface area contributed by atoms with Crippen LogP contribution in [0.15, 0.2) is 18.2 Å². The molecule has 0 aliphatic carbocycles. The summed E-state index contributed by atoms with van der Waals surface area (Å²) in [5.41, 5.74) is 3.39. The third kappa shape index (κ3) is 1.20. The molecular weight excluding hydrogens is 193 g/mol. The number of hydrogen-bond donors (Lipinski definition) is 0. The SMILES string of the molecule is Cc1c2n(c3cc(F)ccc13)CCOC2. The van der Waals surface area contributed by atoms with Crippen LogP contribution >= 0.6 is 0 Å². The molecule has 1 aromatic carbocycles. The first-order chi connectivity index (χ1) is 7.27. The number of hydrogen-bond acceptors (Lipinski definition) is 1. The lowest BCUT2D eigenvalue weighted by Gasteiger charge is -2.17. The maximum atomic E-state index is 13.2. The quantitative estimate of drug-likeness (QED) is 0.644. The second-order valence-electron chi connectivity index (χ2n) is 3.94. The number of halogens is 1. The minimum atomic E-state index is -0.172. The molecule has 1 aromatic heterocycles. The standard InChI is InChI=1S/C12H12FNO/c1-8-10-3-2-9(13)6-11(10)14-4-5-15-7-12(8)14/h2-3,6H,4-5,7H2,1H3. The molecule has 0 saturated carbocycles. The summed E-state index contributed by atoms with van der Waals surface area (Å²) >= 11 is 0. The van der Waals surface area contributed by atoms with Crippen molar-refractivity contribution in [1.82, 2.24) is 4.57 Å². The van der Waals surface area contributed by atoms with Gasteiger partial charge in [-0.3, -0.25) is 0 Å². The summed E-state index contributed by atoms with van der Waals surface area (Å²) in [6.45, 7) is 4.25. The highest BCUT2D eigenvalue weighted by atomic mass is 19.1. The summed E-state index contributed by atoms with van der Waals surface area (Å²) in [5, 5.41) is 1.14. The molecule has 0 amide bonds. The lowest BCUT2D eigenvalue weighted by atomic mass is 10.1. The zero-order valence-corrected chi connectivity index (χ0v) is 8.59. The summed E-state index contributed by atoms with van der Waals surface area (Å²) < 4.78 is 20.8. The second-order valence-corrected chi connectivity index (χ2v) is 3.94. The van der Waals surface area contributed by atoms with E-state index < -0.39 is 0 Å². The number of ether oxygens (including phenoxy) is 1. The fourth-order valence-corrected chi connectivity index (χ4v) is 2.31. The van der Waals surface area contributed by atoms with Gasteiger partial charge in [0.2, 0.25) is 0 Å².